The monoisotopic (exact) mass is 444 g/mol. The summed E-state index contributed by atoms with van der Waals surface area (Å²) in [5.41, 5.74) is 2.70. The fraction of sp³-hybridized carbons (Fsp3) is 0.632. The largest absolute Gasteiger partial charge is 0.357 e. The summed E-state index contributed by atoms with van der Waals surface area (Å²) in [6.07, 6.45) is 3.61. The number of likely N-dealkylation sites (tertiary alicyclic amines) is 1. The number of aryl methyl sites for hydroxylation is 1. The predicted octanol–water partition coefficient (Wildman–Crippen LogP) is 3.19. The van der Waals surface area contributed by atoms with Crippen molar-refractivity contribution < 1.29 is 0 Å². The Labute approximate surface area is 164 Å². The highest BCUT2D eigenvalue weighted by Gasteiger charge is 2.22. The summed E-state index contributed by atoms with van der Waals surface area (Å²) in [6.45, 7) is 11.6. The topological polar surface area (TPSA) is 39.7 Å². The van der Waals surface area contributed by atoms with Crippen molar-refractivity contribution in [2.75, 3.05) is 32.7 Å². The van der Waals surface area contributed by atoms with E-state index >= 15 is 0 Å². The van der Waals surface area contributed by atoms with E-state index in [9.17, 15) is 0 Å². The average molecular weight is 444 g/mol. The van der Waals surface area contributed by atoms with E-state index in [1.54, 1.807) is 0 Å². The molecule has 1 saturated heterocycles. The summed E-state index contributed by atoms with van der Waals surface area (Å²) >= 11 is 0. The van der Waals surface area contributed by atoms with Gasteiger partial charge in [0.2, 0.25) is 0 Å². The molecule has 1 fully saturated rings. The van der Waals surface area contributed by atoms with Crippen molar-refractivity contribution in [3.8, 4) is 0 Å². The van der Waals surface area contributed by atoms with Crippen LogP contribution in [0.5, 0.6) is 0 Å². The minimum absolute atomic E-state index is 0. The highest BCUT2D eigenvalue weighted by Crippen LogP contribution is 2.16. The third kappa shape index (κ3) is 6.97. The Kier molecular flexibility index (Phi) is 10.3. The molecule has 0 aromatic heterocycles. The molecule has 1 unspecified atom stereocenters. The number of hydrogen-bond donors (Lipinski definition) is 2. The lowest BCUT2D eigenvalue weighted by atomic mass is 10.1. The number of hydrogen-bond acceptors (Lipinski definition) is 2. The Morgan fingerprint density at radius 3 is 2.83 bits per heavy atom. The Hall–Kier alpha value is -0.820. The van der Waals surface area contributed by atoms with Gasteiger partial charge in [0.15, 0.2) is 5.96 Å². The van der Waals surface area contributed by atoms with Gasteiger partial charge < -0.3 is 10.6 Å². The van der Waals surface area contributed by atoms with Crippen molar-refractivity contribution in [2.24, 2.45) is 4.99 Å². The first-order valence-corrected chi connectivity index (χ1v) is 9.04. The van der Waals surface area contributed by atoms with Crippen LogP contribution in [0.4, 0.5) is 0 Å². The third-order valence-corrected chi connectivity index (χ3v) is 4.50. The molecule has 1 aliphatic heterocycles. The van der Waals surface area contributed by atoms with Crippen molar-refractivity contribution in [1.82, 2.24) is 15.5 Å². The maximum absolute atomic E-state index is 4.80. The maximum atomic E-state index is 4.80. The van der Waals surface area contributed by atoms with Gasteiger partial charge in [0.25, 0.3) is 0 Å². The second-order valence-corrected chi connectivity index (χ2v) is 6.31. The maximum Gasteiger partial charge on any atom is 0.191 e. The van der Waals surface area contributed by atoms with Gasteiger partial charge in [0.1, 0.15) is 0 Å². The quantitative estimate of drug-likeness (QED) is 0.386. The van der Waals surface area contributed by atoms with E-state index in [-0.39, 0.29) is 24.0 Å². The first kappa shape index (κ1) is 21.2. The molecule has 2 rings (SSSR count). The van der Waals surface area contributed by atoms with E-state index in [1.165, 1.54) is 30.5 Å². The van der Waals surface area contributed by atoms with Crippen LogP contribution in [0.1, 0.15) is 37.8 Å². The summed E-state index contributed by atoms with van der Waals surface area (Å²) in [5.74, 6) is 0.947. The van der Waals surface area contributed by atoms with Crippen LogP contribution in [-0.2, 0) is 6.42 Å². The fourth-order valence-electron chi connectivity index (χ4n) is 3.25. The molecule has 24 heavy (non-hydrogen) atoms. The Bertz CT molecular complexity index is 504. The van der Waals surface area contributed by atoms with E-state index in [4.69, 9.17) is 4.99 Å². The van der Waals surface area contributed by atoms with E-state index in [1.807, 2.05) is 0 Å². The predicted molar refractivity (Wildman–Crippen MR) is 115 cm³/mol. The van der Waals surface area contributed by atoms with Crippen molar-refractivity contribution in [3.05, 3.63) is 35.4 Å². The van der Waals surface area contributed by atoms with Crippen LogP contribution in [0.2, 0.25) is 0 Å². The lowest BCUT2D eigenvalue weighted by Crippen LogP contribution is -2.40. The number of aliphatic imine (C=N–C) groups is 1. The molecule has 1 aromatic rings. The number of benzene rings is 1. The summed E-state index contributed by atoms with van der Waals surface area (Å²) in [4.78, 5) is 7.34. The molecule has 0 bridgehead atoms. The van der Waals surface area contributed by atoms with Crippen LogP contribution >= 0.6 is 24.0 Å². The lowest BCUT2D eigenvalue weighted by Gasteiger charge is -2.21. The van der Waals surface area contributed by atoms with Crippen LogP contribution in [0.3, 0.4) is 0 Å². The normalized spacial score (nSPS) is 18.3. The number of nitrogens with zero attached hydrogens (tertiary/aromatic N) is 2. The highest BCUT2D eigenvalue weighted by atomic mass is 127. The Morgan fingerprint density at radius 2 is 2.12 bits per heavy atom. The minimum atomic E-state index is 0. The SMILES string of the molecule is CCNC(=NCC1CCCN1CC)NCCc1cccc(C)c1.I. The smallest absolute Gasteiger partial charge is 0.191 e. The van der Waals surface area contributed by atoms with Crippen LogP contribution in [-0.4, -0.2) is 49.6 Å². The van der Waals surface area contributed by atoms with E-state index in [0.29, 0.717) is 6.04 Å². The second-order valence-electron chi connectivity index (χ2n) is 6.31. The summed E-state index contributed by atoms with van der Waals surface area (Å²) < 4.78 is 0. The number of guanidine groups is 1. The summed E-state index contributed by atoms with van der Waals surface area (Å²) in [6, 6.07) is 9.33. The second kappa shape index (κ2) is 11.7. The first-order valence-electron chi connectivity index (χ1n) is 9.04. The van der Waals surface area contributed by atoms with Gasteiger partial charge in [0.05, 0.1) is 6.54 Å². The van der Waals surface area contributed by atoms with E-state index in [2.05, 4.69) is 60.6 Å². The zero-order valence-electron chi connectivity index (χ0n) is 15.3. The molecule has 5 heteroatoms. The van der Waals surface area contributed by atoms with Gasteiger partial charge in [-0.2, -0.15) is 0 Å². The standard InChI is InChI=1S/C19H32N4.HI/c1-4-20-19(22-15-18-10-7-13-23(18)5-2)21-12-11-17-9-6-8-16(3)14-17;/h6,8-9,14,18H,4-5,7,10-13,15H2,1-3H3,(H2,20,21,22);1H. The molecule has 0 aliphatic carbocycles. The highest BCUT2D eigenvalue weighted by molar-refractivity contribution is 14.0. The number of rotatable bonds is 7. The van der Waals surface area contributed by atoms with Gasteiger partial charge in [-0.15, -0.1) is 24.0 Å². The first-order chi connectivity index (χ1) is 11.2. The van der Waals surface area contributed by atoms with Crippen molar-refractivity contribution in [2.45, 2.75) is 46.1 Å². The molecule has 1 aliphatic rings. The van der Waals surface area contributed by atoms with Gasteiger partial charge in [-0.25, -0.2) is 0 Å². The average Bonchev–Trinajstić information content (AvgIpc) is 3.00. The Balaban J connectivity index is 0.00000288. The molecule has 0 spiro atoms. The van der Waals surface area contributed by atoms with Crippen LogP contribution < -0.4 is 10.6 Å². The van der Waals surface area contributed by atoms with Gasteiger partial charge in [-0.1, -0.05) is 36.8 Å². The van der Waals surface area contributed by atoms with Gasteiger partial charge in [-0.05, 0) is 51.8 Å². The molecular weight excluding hydrogens is 411 g/mol. The van der Waals surface area contributed by atoms with E-state index < -0.39 is 0 Å². The molecule has 1 aromatic carbocycles. The zero-order chi connectivity index (χ0) is 16.5. The molecule has 2 N–H and O–H groups in total. The van der Waals surface area contributed by atoms with Crippen LogP contribution in [0, 0.1) is 6.92 Å². The summed E-state index contributed by atoms with van der Waals surface area (Å²) in [7, 11) is 0. The van der Waals surface area contributed by atoms with Crippen LogP contribution in [0.25, 0.3) is 0 Å². The lowest BCUT2D eigenvalue weighted by molar-refractivity contribution is 0.273. The number of nitrogens with one attached hydrogen (secondary N) is 2. The molecule has 136 valence electrons. The van der Waals surface area contributed by atoms with Gasteiger partial charge >= 0.3 is 0 Å². The molecule has 1 heterocycles. The molecule has 0 radical (unpaired) electrons. The zero-order valence-corrected chi connectivity index (χ0v) is 17.7. The molecule has 4 nitrogen and oxygen atoms in total. The number of likely N-dealkylation sites (N-methyl/N-ethyl adjacent to an activating group) is 1. The van der Waals surface area contributed by atoms with Gasteiger partial charge in [0, 0.05) is 19.1 Å². The number of halogens is 1. The molecule has 0 saturated carbocycles. The van der Waals surface area contributed by atoms with Crippen molar-refractivity contribution >= 4 is 29.9 Å². The summed E-state index contributed by atoms with van der Waals surface area (Å²) in [5, 5.41) is 6.82. The Morgan fingerprint density at radius 1 is 1.29 bits per heavy atom. The van der Waals surface area contributed by atoms with Gasteiger partial charge in [-0.3, -0.25) is 9.89 Å². The van der Waals surface area contributed by atoms with E-state index in [0.717, 1.165) is 38.6 Å². The molecule has 1 atom stereocenters. The molecule has 0 amide bonds. The minimum Gasteiger partial charge on any atom is -0.357 e. The van der Waals surface area contributed by atoms with Crippen molar-refractivity contribution in [3.63, 3.8) is 0 Å². The fourth-order valence-corrected chi connectivity index (χ4v) is 3.25. The van der Waals surface area contributed by atoms with Crippen LogP contribution in [0.15, 0.2) is 29.3 Å². The molecular formula is C19H33IN4. The van der Waals surface area contributed by atoms with Crippen molar-refractivity contribution in [1.29, 1.82) is 0 Å². The third-order valence-electron chi connectivity index (χ3n) is 4.50.